The van der Waals surface area contributed by atoms with Crippen molar-refractivity contribution in [3.63, 3.8) is 0 Å². The molecule has 0 aromatic heterocycles. The quantitative estimate of drug-likeness (QED) is 0.640. The van der Waals surface area contributed by atoms with Crippen LogP contribution < -0.4 is 4.90 Å². The van der Waals surface area contributed by atoms with Crippen molar-refractivity contribution in [1.29, 1.82) is 0 Å². The molecule has 2 heterocycles. The first-order valence-electron chi connectivity index (χ1n) is 5.58. The van der Waals surface area contributed by atoms with E-state index < -0.39 is 0 Å². The fourth-order valence-corrected chi connectivity index (χ4v) is 2.46. The van der Waals surface area contributed by atoms with E-state index in [1.54, 1.807) is 0 Å². The van der Waals surface area contributed by atoms with Gasteiger partial charge in [-0.1, -0.05) is 29.8 Å². The topological polar surface area (TPSA) is 6.48 Å². The minimum absolute atomic E-state index is 0.507. The van der Waals surface area contributed by atoms with Crippen molar-refractivity contribution in [3.05, 3.63) is 42.0 Å². The molecule has 1 fully saturated rings. The Morgan fingerprint density at radius 3 is 2.73 bits per heavy atom. The van der Waals surface area contributed by atoms with Crippen molar-refractivity contribution in [2.45, 2.75) is 13.1 Å². The van der Waals surface area contributed by atoms with Crippen LogP contribution in [0.2, 0.25) is 0 Å². The van der Waals surface area contributed by atoms with Gasteiger partial charge in [0.15, 0.2) is 0 Å². The van der Waals surface area contributed by atoms with E-state index in [1.807, 2.05) is 0 Å². The van der Waals surface area contributed by atoms with Crippen LogP contribution in [0.25, 0.3) is 0 Å². The third-order valence-electron chi connectivity index (χ3n) is 3.34. The summed E-state index contributed by atoms with van der Waals surface area (Å²) >= 11 is 0. The summed E-state index contributed by atoms with van der Waals surface area (Å²) in [6, 6.07) is 8.84. The fraction of sp³-hybridized carbons (Fsp3) is 0.385. The van der Waals surface area contributed by atoms with Crippen molar-refractivity contribution in [3.8, 4) is 0 Å². The van der Waals surface area contributed by atoms with Crippen molar-refractivity contribution in [1.82, 2.24) is 4.90 Å². The maximum atomic E-state index is 2.50. The molecule has 15 heavy (non-hydrogen) atoms. The molecule has 0 amide bonds. The summed E-state index contributed by atoms with van der Waals surface area (Å²) in [5.41, 5.74) is 2.68. The van der Waals surface area contributed by atoms with Gasteiger partial charge in [0, 0.05) is 25.3 Å². The molecular formula is C13H16N2. The maximum absolute atomic E-state index is 2.50. The van der Waals surface area contributed by atoms with Crippen LogP contribution in [0.5, 0.6) is 0 Å². The first-order chi connectivity index (χ1) is 7.34. The van der Waals surface area contributed by atoms with Crippen LogP contribution in [0, 0.1) is 6.92 Å². The largest absolute Gasteiger partial charge is 0.351 e. The van der Waals surface area contributed by atoms with Gasteiger partial charge in [0.2, 0.25) is 0 Å². The SMILES string of the molecule is Cc1ccc(N2CCN3CC=CC32)cc1. The summed E-state index contributed by atoms with van der Waals surface area (Å²) < 4.78 is 0. The lowest BCUT2D eigenvalue weighted by atomic mass is 10.2. The molecule has 0 saturated carbocycles. The number of hydrogen-bond acceptors (Lipinski definition) is 2. The molecule has 1 aromatic carbocycles. The van der Waals surface area contributed by atoms with E-state index in [-0.39, 0.29) is 0 Å². The van der Waals surface area contributed by atoms with Crippen LogP contribution in [-0.4, -0.2) is 30.7 Å². The summed E-state index contributed by atoms with van der Waals surface area (Å²) in [5.74, 6) is 0. The Bertz CT molecular complexity index is 380. The molecule has 0 bridgehead atoms. The van der Waals surface area contributed by atoms with Crippen LogP contribution in [0.1, 0.15) is 5.56 Å². The van der Waals surface area contributed by atoms with Gasteiger partial charge in [-0.2, -0.15) is 0 Å². The Labute approximate surface area is 90.8 Å². The zero-order chi connectivity index (χ0) is 10.3. The Hall–Kier alpha value is -1.28. The summed E-state index contributed by atoms with van der Waals surface area (Å²) in [5, 5.41) is 0. The number of hydrogen-bond donors (Lipinski definition) is 0. The lowest BCUT2D eigenvalue weighted by Crippen LogP contribution is -2.33. The predicted molar refractivity (Wildman–Crippen MR) is 63.0 cm³/mol. The number of fused-ring (bicyclic) bond motifs is 1. The van der Waals surface area contributed by atoms with Crippen LogP contribution in [0.3, 0.4) is 0 Å². The summed E-state index contributed by atoms with van der Waals surface area (Å²) in [6.07, 6.45) is 5.09. The Morgan fingerprint density at radius 2 is 1.93 bits per heavy atom. The van der Waals surface area contributed by atoms with Gasteiger partial charge in [0.1, 0.15) is 6.17 Å². The highest BCUT2D eigenvalue weighted by Crippen LogP contribution is 2.26. The van der Waals surface area contributed by atoms with Crippen molar-refractivity contribution in [2.75, 3.05) is 24.5 Å². The van der Waals surface area contributed by atoms with E-state index in [4.69, 9.17) is 0 Å². The highest BCUT2D eigenvalue weighted by molar-refractivity contribution is 5.51. The zero-order valence-electron chi connectivity index (χ0n) is 9.06. The van der Waals surface area contributed by atoms with E-state index in [1.165, 1.54) is 17.8 Å². The number of aryl methyl sites for hydroxylation is 1. The molecule has 0 aliphatic carbocycles. The van der Waals surface area contributed by atoms with Gasteiger partial charge >= 0.3 is 0 Å². The molecule has 2 aliphatic heterocycles. The molecule has 1 aromatic rings. The van der Waals surface area contributed by atoms with Gasteiger partial charge in [0.25, 0.3) is 0 Å². The molecule has 0 radical (unpaired) electrons. The second kappa shape index (κ2) is 3.38. The molecule has 78 valence electrons. The third kappa shape index (κ3) is 1.45. The lowest BCUT2D eigenvalue weighted by Gasteiger charge is -2.25. The molecule has 0 N–H and O–H groups in total. The van der Waals surface area contributed by atoms with Crippen molar-refractivity contribution in [2.24, 2.45) is 0 Å². The molecule has 1 atom stereocenters. The molecule has 0 spiro atoms. The van der Waals surface area contributed by atoms with Gasteiger partial charge in [-0.05, 0) is 19.1 Å². The molecule has 2 nitrogen and oxygen atoms in total. The molecule has 2 aliphatic rings. The van der Waals surface area contributed by atoms with E-state index in [2.05, 4.69) is 53.1 Å². The molecule has 2 heteroatoms. The highest BCUT2D eigenvalue weighted by Gasteiger charge is 2.31. The Kier molecular flexibility index (Phi) is 2.03. The average molecular weight is 200 g/mol. The highest BCUT2D eigenvalue weighted by atomic mass is 15.4. The monoisotopic (exact) mass is 200 g/mol. The molecule has 1 saturated heterocycles. The van der Waals surface area contributed by atoms with Gasteiger partial charge in [-0.15, -0.1) is 0 Å². The van der Waals surface area contributed by atoms with Gasteiger partial charge < -0.3 is 4.90 Å². The second-order valence-corrected chi connectivity index (χ2v) is 4.37. The van der Waals surface area contributed by atoms with E-state index in [0.717, 1.165) is 13.1 Å². The standard InChI is InChI=1S/C13H16N2/c1-11-4-6-12(7-5-11)15-10-9-14-8-2-3-13(14)15/h2-7,13H,8-10H2,1H3. The average Bonchev–Trinajstić information content (AvgIpc) is 2.80. The number of rotatable bonds is 1. The van der Waals surface area contributed by atoms with Gasteiger partial charge in [-0.3, -0.25) is 4.90 Å². The van der Waals surface area contributed by atoms with Gasteiger partial charge in [0.05, 0.1) is 0 Å². The normalized spacial score (nSPS) is 24.9. The van der Waals surface area contributed by atoms with E-state index >= 15 is 0 Å². The van der Waals surface area contributed by atoms with E-state index in [9.17, 15) is 0 Å². The minimum Gasteiger partial charge on any atom is -0.351 e. The lowest BCUT2D eigenvalue weighted by molar-refractivity contribution is 0.345. The summed E-state index contributed by atoms with van der Waals surface area (Å²) in [4.78, 5) is 4.97. The maximum Gasteiger partial charge on any atom is 0.102 e. The summed E-state index contributed by atoms with van der Waals surface area (Å²) in [7, 11) is 0. The number of nitrogens with zero attached hydrogens (tertiary/aromatic N) is 2. The molecule has 3 rings (SSSR count). The predicted octanol–water partition coefficient (Wildman–Crippen LogP) is 2.01. The minimum atomic E-state index is 0.507. The summed E-state index contributed by atoms with van der Waals surface area (Å²) in [6.45, 7) is 5.59. The first-order valence-corrected chi connectivity index (χ1v) is 5.58. The zero-order valence-corrected chi connectivity index (χ0v) is 9.06. The van der Waals surface area contributed by atoms with E-state index in [0.29, 0.717) is 6.17 Å². The van der Waals surface area contributed by atoms with Crippen LogP contribution >= 0.6 is 0 Å². The van der Waals surface area contributed by atoms with Crippen molar-refractivity contribution < 1.29 is 0 Å². The number of anilines is 1. The number of benzene rings is 1. The Morgan fingerprint density at radius 1 is 1.13 bits per heavy atom. The van der Waals surface area contributed by atoms with Crippen molar-refractivity contribution >= 4 is 5.69 Å². The van der Waals surface area contributed by atoms with Crippen LogP contribution in [0.15, 0.2) is 36.4 Å². The Balaban J connectivity index is 1.88. The van der Waals surface area contributed by atoms with Crippen LogP contribution in [0.4, 0.5) is 5.69 Å². The molecular weight excluding hydrogens is 184 g/mol. The fourth-order valence-electron chi connectivity index (χ4n) is 2.46. The van der Waals surface area contributed by atoms with Crippen LogP contribution in [-0.2, 0) is 0 Å². The smallest absolute Gasteiger partial charge is 0.102 e. The molecule has 1 unspecified atom stereocenters. The second-order valence-electron chi connectivity index (χ2n) is 4.37. The first kappa shape index (κ1) is 8.98. The third-order valence-corrected chi connectivity index (χ3v) is 3.34. The van der Waals surface area contributed by atoms with Gasteiger partial charge in [-0.25, -0.2) is 0 Å².